The van der Waals surface area contributed by atoms with Gasteiger partial charge in [0.2, 0.25) is 5.72 Å². The maximum atomic E-state index is 13.4. The summed E-state index contributed by atoms with van der Waals surface area (Å²) >= 11 is 1.65. The number of hydrogen-bond donors (Lipinski definition) is 0. The van der Waals surface area contributed by atoms with Crippen LogP contribution in [0.5, 0.6) is 5.75 Å². The maximum absolute atomic E-state index is 13.4. The molecule has 1 spiro atoms. The van der Waals surface area contributed by atoms with Gasteiger partial charge in [-0.1, -0.05) is 29.8 Å². The van der Waals surface area contributed by atoms with Gasteiger partial charge in [-0.2, -0.15) is 0 Å². The van der Waals surface area contributed by atoms with Gasteiger partial charge in [-0.05, 0) is 68.8 Å². The third-order valence-electron chi connectivity index (χ3n) is 7.07. The summed E-state index contributed by atoms with van der Waals surface area (Å²) in [5.74, 6) is 0.763. The Bertz CT molecular complexity index is 1500. The average molecular weight is 426 g/mol. The van der Waals surface area contributed by atoms with Crippen LogP contribution >= 0.6 is 11.3 Å². The van der Waals surface area contributed by atoms with Crippen molar-refractivity contribution in [1.29, 1.82) is 0 Å². The molecule has 0 amide bonds. The molecule has 1 atom stereocenters. The minimum Gasteiger partial charge on any atom is -0.463 e. The second-order valence-corrected chi connectivity index (χ2v) is 10.2. The van der Waals surface area contributed by atoms with E-state index in [1.54, 1.807) is 11.3 Å². The molecule has 154 valence electrons. The van der Waals surface area contributed by atoms with Crippen molar-refractivity contribution in [2.24, 2.45) is 0 Å². The molecule has 4 heteroatoms. The molecule has 3 nitrogen and oxygen atoms in total. The summed E-state index contributed by atoms with van der Waals surface area (Å²) in [5, 5.41) is 1.52. The van der Waals surface area contributed by atoms with Crippen molar-refractivity contribution in [1.82, 2.24) is 0 Å². The molecule has 0 bridgehead atoms. The summed E-state index contributed by atoms with van der Waals surface area (Å²) in [7, 11) is 2.09. The molecule has 2 aliphatic rings. The summed E-state index contributed by atoms with van der Waals surface area (Å²) < 4.78 is 8.81. The molecule has 0 saturated heterocycles. The van der Waals surface area contributed by atoms with E-state index < -0.39 is 5.72 Å². The highest BCUT2D eigenvalue weighted by Gasteiger charge is 2.57. The van der Waals surface area contributed by atoms with Gasteiger partial charge in [-0.15, -0.1) is 11.3 Å². The largest absolute Gasteiger partial charge is 0.463 e. The van der Waals surface area contributed by atoms with Crippen LogP contribution in [0.3, 0.4) is 0 Å². The van der Waals surface area contributed by atoms with E-state index in [-0.39, 0.29) is 10.8 Å². The third-order valence-corrected chi connectivity index (χ3v) is 8.20. The average Bonchev–Trinajstić information content (AvgIpc) is 2.91. The minimum atomic E-state index is -0.646. The van der Waals surface area contributed by atoms with Gasteiger partial charge in [0.25, 0.3) is 0 Å². The molecule has 3 heterocycles. The number of likely N-dealkylation sites (N-methyl/N-ethyl adjacent to an activating group) is 1. The first-order chi connectivity index (χ1) is 14.8. The van der Waals surface area contributed by atoms with Gasteiger partial charge < -0.3 is 9.64 Å². The molecule has 31 heavy (non-hydrogen) atoms. The molecular weight excluding hydrogens is 402 g/mol. The van der Waals surface area contributed by atoms with Crippen molar-refractivity contribution in [3.8, 4) is 5.75 Å². The van der Waals surface area contributed by atoms with Crippen molar-refractivity contribution in [3.63, 3.8) is 0 Å². The number of benzene rings is 3. The van der Waals surface area contributed by atoms with Crippen molar-refractivity contribution in [2.45, 2.75) is 31.9 Å². The van der Waals surface area contributed by atoms with Crippen LogP contribution in [-0.2, 0) is 5.41 Å². The van der Waals surface area contributed by atoms with E-state index in [1.807, 2.05) is 36.4 Å². The fraction of sp³-hybridized carbons (Fsp3) is 0.222. The summed E-state index contributed by atoms with van der Waals surface area (Å²) in [6.07, 6.45) is 4.24. The number of hydrogen-bond acceptors (Lipinski definition) is 4. The van der Waals surface area contributed by atoms with Gasteiger partial charge in [0.15, 0.2) is 5.43 Å². The Balaban J connectivity index is 1.59. The standard InChI is InChI=1S/C27H23NO2S/c1-16-9-10-20-19(15-16)26(2,3)27(28(20)4)14-13-17-21(30-27)11-12-23-24(17)25(29)18-7-5-6-8-22(18)31-23/h5-15H,1-4H3. The van der Waals surface area contributed by atoms with E-state index in [0.29, 0.717) is 0 Å². The molecule has 0 aliphatic carbocycles. The first kappa shape index (κ1) is 18.6. The molecule has 2 aliphatic heterocycles. The molecule has 0 fully saturated rings. The fourth-order valence-electron chi connectivity index (χ4n) is 5.30. The fourth-order valence-corrected chi connectivity index (χ4v) is 6.39. The Morgan fingerprint density at radius 2 is 1.81 bits per heavy atom. The van der Waals surface area contributed by atoms with E-state index in [9.17, 15) is 4.79 Å². The molecule has 0 saturated carbocycles. The van der Waals surface area contributed by atoms with Crippen LogP contribution in [0.4, 0.5) is 5.69 Å². The Morgan fingerprint density at radius 3 is 2.65 bits per heavy atom. The zero-order valence-corrected chi connectivity index (χ0v) is 18.8. The molecule has 0 N–H and O–H groups in total. The van der Waals surface area contributed by atoms with Crippen LogP contribution in [0, 0.1) is 6.92 Å². The monoisotopic (exact) mass is 425 g/mol. The van der Waals surface area contributed by atoms with Gasteiger partial charge in [0.05, 0.1) is 10.8 Å². The second kappa shape index (κ2) is 5.98. The number of rotatable bonds is 0. The number of fused-ring (bicyclic) bond motifs is 5. The second-order valence-electron chi connectivity index (χ2n) is 9.11. The Kier molecular flexibility index (Phi) is 3.60. The molecular formula is C27H23NO2S. The zero-order valence-electron chi connectivity index (χ0n) is 18.0. The highest BCUT2D eigenvalue weighted by molar-refractivity contribution is 7.24. The third kappa shape index (κ3) is 2.26. The first-order valence-electron chi connectivity index (χ1n) is 10.6. The SMILES string of the molecule is Cc1ccc2c(c1)C(C)(C)C1(C=Cc3c(ccc4sc5ccccc5c(=O)c34)O1)N2C. The molecule has 1 aromatic heterocycles. The predicted molar refractivity (Wildman–Crippen MR) is 131 cm³/mol. The van der Waals surface area contributed by atoms with Crippen molar-refractivity contribution >= 4 is 43.3 Å². The molecule has 6 rings (SSSR count). The summed E-state index contributed by atoms with van der Waals surface area (Å²) in [6, 6.07) is 18.5. The van der Waals surface area contributed by atoms with E-state index in [4.69, 9.17) is 4.74 Å². The smallest absolute Gasteiger partial charge is 0.211 e. The number of aryl methyl sites for hydroxylation is 1. The highest BCUT2D eigenvalue weighted by atomic mass is 32.1. The van der Waals surface area contributed by atoms with E-state index in [1.165, 1.54) is 16.8 Å². The Labute approximate surface area is 185 Å². The normalized spacial score (nSPS) is 20.8. The first-order valence-corrected chi connectivity index (χ1v) is 11.4. The quantitative estimate of drug-likeness (QED) is 0.312. The molecule has 4 aromatic rings. The van der Waals surface area contributed by atoms with E-state index >= 15 is 0 Å². The van der Waals surface area contributed by atoms with Gasteiger partial charge in [0.1, 0.15) is 5.75 Å². The van der Waals surface area contributed by atoms with Crippen LogP contribution in [0.2, 0.25) is 0 Å². The van der Waals surface area contributed by atoms with Gasteiger partial charge >= 0.3 is 0 Å². The van der Waals surface area contributed by atoms with Crippen LogP contribution in [0.15, 0.2) is 65.5 Å². The maximum Gasteiger partial charge on any atom is 0.211 e. The predicted octanol–water partition coefficient (Wildman–Crippen LogP) is 6.25. The van der Waals surface area contributed by atoms with Crippen LogP contribution in [0.25, 0.3) is 26.2 Å². The number of ether oxygens (including phenoxy) is 1. The van der Waals surface area contributed by atoms with Gasteiger partial charge in [0, 0.05) is 33.1 Å². The van der Waals surface area contributed by atoms with E-state index in [0.717, 1.165) is 31.5 Å². The van der Waals surface area contributed by atoms with Crippen LogP contribution in [0.1, 0.15) is 30.5 Å². The topological polar surface area (TPSA) is 29.5 Å². The Morgan fingerprint density at radius 1 is 1.00 bits per heavy atom. The van der Waals surface area contributed by atoms with Gasteiger partial charge in [-0.3, -0.25) is 4.79 Å². The minimum absolute atomic E-state index is 0.0725. The zero-order chi connectivity index (χ0) is 21.5. The Hall–Kier alpha value is -3.11. The molecule has 1 unspecified atom stereocenters. The summed E-state index contributed by atoms with van der Waals surface area (Å²) in [4.78, 5) is 15.6. The van der Waals surface area contributed by atoms with Crippen LogP contribution in [-0.4, -0.2) is 12.8 Å². The highest BCUT2D eigenvalue weighted by Crippen LogP contribution is 2.54. The lowest BCUT2D eigenvalue weighted by Gasteiger charge is -2.45. The number of nitrogens with zero attached hydrogens (tertiary/aromatic N) is 1. The summed E-state index contributed by atoms with van der Waals surface area (Å²) in [5.41, 5.74) is 3.75. The van der Waals surface area contributed by atoms with Crippen LogP contribution < -0.4 is 15.1 Å². The lowest BCUT2D eigenvalue weighted by molar-refractivity contribution is 0.0584. The van der Waals surface area contributed by atoms with Crippen molar-refractivity contribution in [2.75, 3.05) is 11.9 Å². The summed E-state index contributed by atoms with van der Waals surface area (Å²) in [6.45, 7) is 6.60. The van der Waals surface area contributed by atoms with Crippen molar-refractivity contribution in [3.05, 3.63) is 87.6 Å². The number of anilines is 1. The lowest BCUT2D eigenvalue weighted by atomic mass is 9.76. The molecule has 3 aromatic carbocycles. The van der Waals surface area contributed by atoms with Gasteiger partial charge in [-0.25, -0.2) is 0 Å². The van der Waals surface area contributed by atoms with E-state index in [2.05, 4.69) is 63.1 Å². The molecule has 0 radical (unpaired) electrons. The van der Waals surface area contributed by atoms with Crippen molar-refractivity contribution < 1.29 is 4.74 Å². The lowest BCUT2D eigenvalue weighted by Crippen LogP contribution is -2.58.